The fourth-order valence-electron chi connectivity index (χ4n) is 1.98. The topological polar surface area (TPSA) is 111 Å². The first kappa shape index (κ1) is 19.5. The number of aliphatic carboxylic acids is 1. The van der Waals surface area contributed by atoms with E-state index in [2.05, 4.69) is 15.2 Å². The molecule has 0 spiro atoms. The van der Waals surface area contributed by atoms with Crippen LogP contribution in [0.2, 0.25) is 0 Å². The molecule has 0 saturated carbocycles. The number of anilines is 1. The van der Waals surface area contributed by atoms with E-state index in [1.165, 1.54) is 24.3 Å². The highest BCUT2D eigenvalue weighted by atomic mass is 32.2. The summed E-state index contributed by atoms with van der Waals surface area (Å²) in [4.78, 5) is 10.4. The van der Waals surface area contributed by atoms with Gasteiger partial charge in [-0.2, -0.15) is 5.10 Å². The van der Waals surface area contributed by atoms with Gasteiger partial charge in [-0.1, -0.05) is 12.1 Å². The summed E-state index contributed by atoms with van der Waals surface area (Å²) in [6, 6.07) is 11.7. The minimum atomic E-state index is -3.79. The number of nitrogens with zero attached hydrogens (tertiary/aromatic N) is 1. The third kappa shape index (κ3) is 5.64. The van der Waals surface area contributed by atoms with Crippen molar-refractivity contribution in [1.29, 1.82) is 0 Å². The van der Waals surface area contributed by atoms with Gasteiger partial charge in [0.25, 0.3) is 0 Å². The number of halogens is 1. The largest absolute Gasteiger partial charge is 0.550 e. The maximum absolute atomic E-state index is 12.9. The first-order valence-corrected chi connectivity index (χ1v) is 9.12. The Bertz CT molecular complexity index is 895. The zero-order chi connectivity index (χ0) is 19.2. The van der Waals surface area contributed by atoms with Crippen molar-refractivity contribution in [3.05, 3.63) is 59.9 Å². The van der Waals surface area contributed by atoms with Crippen LogP contribution in [0.1, 0.15) is 18.9 Å². The van der Waals surface area contributed by atoms with Gasteiger partial charge in [0.2, 0.25) is 10.0 Å². The number of rotatable bonds is 8. The first-order valence-electron chi connectivity index (χ1n) is 7.64. The summed E-state index contributed by atoms with van der Waals surface area (Å²) in [5.41, 5.74) is 4.68. The molecule has 2 N–H and O–H groups in total. The molecule has 2 rings (SSSR count). The molecule has 0 heterocycles. The summed E-state index contributed by atoms with van der Waals surface area (Å²) in [6.07, 6.45) is -0.405. The summed E-state index contributed by atoms with van der Waals surface area (Å²) in [5.74, 6) is -1.68. The molecule has 0 fully saturated rings. The van der Waals surface area contributed by atoms with Crippen LogP contribution in [0.15, 0.2) is 58.5 Å². The van der Waals surface area contributed by atoms with Crippen molar-refractivity contribution in [2.24, 2.45) is 5.10 Å². The van der Waals surface area contributed by atoms with Crippen LogP contribution >= 0.6 is 0 Å². The second kappa shape index (κ2) is 8.54. The summed E-state index contributed by atoms with van der Waals surface area (Å²) in [7, 11) is -3.79. The van der Waals surface area contributed by atoms with Crippen LogP contribution in [0.4, 0.5) is 10.1 Å². The molecular weight excluding hydrogens is 361 g/mol. The molecule has 0 aromatic heterocycles. The van der Waals surface area contributed by atoms with Crippen molar-refractivity contribution < 1.29 is 22.7 Å². The molecule has 0 aliphatic rings. The molecule has 0 radical (unpaired) electrons. The molecule has 9 heteroatoms. The number of benzene rings is 2. The van der Waals surface area contributed by atoms with Gasteiger partial charge in [-0.15, -0.1) is 0 Å². The first-order chi connectivity index (χ1) is 12.3. The van der Waals surface area contributed by atoms with Crippen LogP contribution in [-0.2, 0) is 14.8 Å². The lowest BCUT2D eigenvalue weighted by atomic mass is 10.1. The van der Waals surface area contributed by atoms with Gasteiger partial charge in [0.1, 0.15) is 5.82 Å². The fraction of sp³-hybridized carbons (Fsp3) is 0.176. The Morgan fingerprint density at radius 1 is 1.12 bits per heavy atom. The second-order valence-corrected chi connectivity index (χ2v) is 7.13. The minimum Gasteiger partial charge on any atom is -0.550 e. The Hall–Kier alpha value is -2.78. The highest BCUT2D eigenvalue weighted by molar-refractivity contribution is 7.89. The van der Waals surface area contributed by atoms with E-state index in [1.54, 1.807) is 31.2 Å². The SMILES string of the molecule is C/C(=N/Nc1ccc(F)cc1)c1ccc(S(=O)(=O)NCCC(=O)[O-])cc1. The molecule has 2 aromatic carbocycles. The maximum atomic E-state index is 12.9. The minimum absolute atomic E-state index is 0.0129. The molecular formula is C17H17FN3O4S-. The van der Waals surface area contributed by atoms with E-state index in [1.807, 2.05) is 0 Å². The number of nitrogens with one attached hydrogen (secondary N) is 2. The molecule has 0 aliphatic carbocycles. The molecule has 138 valence electrons. The van der Waals surface area contributed by atoms with Gasteiger partial charge in [-0.25, -0.2) is 17.5 Å². The van der Waals surface area contributed by atoms with Crippen LogP contribution in [0, 0.1) is 5.82 Å². The van der Waals surface area contributed by atoms with Crippen LogP contribution in [0.25, 0.3) is 0 Å². The lowest BCUT2D eigenvalue weighted by Gasteiger charge is -2.08. The maximum Gasteiger partial charge on any atom is 0.240 e. The van der Waals surface area contributed by atoms with Crippen molar-refractivity contribution >= 4 is 27.4 Å². The summed E-state index contributed by atoms with van der Waals surface area (Å²) < 4.78 is 39.1. The van der Waals surface area contributed by atoms with E-state index in [0.29, 0.717) is 17.0 Å². The number of hydrazone groups is 1. The van der Waals surface area contributed by atoms with E-state index >= 15 is 0 Å². The van der Waals surface area contributed by atoms with Gasteiger partial charge >= 0.3 is 0 Å². The molecule has 0 unspecified atom stereocenters. The average molecular weight is 378 g/mol. The predicted molar refractivity (Wildman–Crippen MR) is 93.5 cm³/mol. The van der Waals surface area contributed by atoms with Gasteiger partial charge in [-0.3, -0.25) is 5.43 Å². The highest BCUT2D eigenvalue weighted by Crippen LogP contribution is 2.12. The van der Waals surface area contributed by atoms with Crippen LogP contribution in [0.5, 0.6) is 0 Å². The number of carboxylic acid groups (broad SMARTS) is 1. The molecule has 0 amide bonds. The monoisotopic (exact) mass is 378 g/mol. The second-order valence-electron chi connectivity index (χ2n) is 5.36. The normalized spacial score (nSPS) is 12.0. The molecule has 26 heavy (non-hydrogen) atoms. The average Bonchev–Trinajstić information content (AvgIpc) is 2.60. The molecule has 0 atom stereocenters. The lowest BCUT2D eigenvalue weighted by molar-refractivity contribution is -0.305. The number of carbonyl (C=O) groups is 1. The molecule has 2 aromatic rings. The molecule has 0 aliphatic heterocycles. The van der Waals surface area contributed by atoms with E-state index in [0.717, 1.165) is 0 Å². The number of hydrogen-bond donors (Lipinski definition) is 2. The summed E-state index contributed by atoms with van der Waals surface area (Å²) in [6.45, 7) is 1.49. The van der Waals surface area contributed by atoms with Crippen LogP contribution < -0.4 is 15.3 Å². The highest BCUT2D eigenvalue weighted by Gasteiger charge is 2.13. The number of hydrogen-bond acceptors (Lipinski definition) is 6. The number of sulfonamides is 1. The van der Waals surface area contributed by atoms with Gasteiger partial charge in [0.05, 0.1) is 16.3 Å². The van der Waals surface area contributed by atoms with Crippen molar-refractivity contribution in [3.63, 3.8) is 0 Å². The number of carboxylic acids is 1. The van der Waals surface area contributed by atoms with Crippen LogP contribution in [-0.4, -0.2) is 26.6 Å². The van der Waals surface area contributed by atoms with Crippen LogP contribution in [0.3, 0.4) is 0 Å². The predicted octanol–water partition coefficient (Wildman–Crippen LogP) is 1.08. The summed E-state index contributed by atoms with van der Waals surface area (Å²) in [5, 5.41) is 14.5. The van der Waals surface area contributed by atoms with E-state index in [4.69, 9.17) is 0 Å². The van der Waals surface area contributed by atoms with Gasteiger partial charge in [0.15, 0.2) is 0 Å². The van der Waals surface area contributed by atoms with Crippen molar-refractivity contribution in [2.75, 3.05) is 12.0 Å². The third-order valence-corrected chi connectivity index (χ3v) is 4.88. The zero-order valence-corrected chi connectivity index (χ0v) is 14.7. The Morgan fingerprint density at radius 3 is 2.31 bits per heavy atom. The Morgan fingerprint density at radius 2 is 1.73 bits per heavy atom. The fourth-order valence-corrected chi connectivity index (χ4v) is 3.02. The Kier molecular flexibility index (Phi) is 6.42. The van der Waals surface area contributed by atoms with Gasteiger partial charge < -0.3 is 9.90 Å². The smallest absolute Gasteiger partial charge is 0.240 e. The summed E-state index contributed by atoms with van der Waals surface area (Å²) >= 11 is 0. The van der Waals surface area contributed by atoms with Gasteiger partial charge in [-0.05, 0) is 48.9 Å². The molecule has 0 bridgehead atoms. The van der Waals surface area contributed by atoms with Crippen molar-refractivity contribution in [2.45, 2.75) is 18.2 Å². The molecule has 0 saturated heterocycles. The van der Waals surface area contributed by atoms with E-state index in [9.17, 15) is 22.7 Å². The lowest BCUT2D eigenvalue weighted by Crippen LogP contribution is -2.31. The standard InChI is InChI=1S/C17H18FN3O4S/c1-12(20-21-15-6-4-14(18)5-7-15)13-2-8-16(9-3-13)26(24,25)19-11-10-17(22)23/h2-9,19,21H,10-11H2,1H3,(H,22,23)/p-1/b20-12-. The zero-order valence-electron chi connectivity index (χ0n) is 13.9. The Balaban J connectivity index is 2.04. The molecule has 7 nitrogen and oxygen atoms in total. The van der Waals surface area contributed by atoms with Gasteiger partial charge in [0, 0.05) is 18.9 Å². The number of carbonyl (C=O) groups excluding carboxylic acids is 1. The van der Waals surface area contributed by atoms with Crippen molar-refractivity contribution in [3.8, 4) is 0 Å². The van der Waals surface area contributed by atoms with E-state index < -0.39 is 22.4 Å². The Labute approximate surface area is 150 Å². The third-order valence-electron chi connectivity index (χ3n) is 3.40. The quantitative estimate of drug-likeness (QED) is 0.527. The van der Waals surface area contributed by atoms with Crippen molar-refractivity contribution in [1.82, 2.24) is 4.72 Å². The van der Waals surface area contributed by atoms with E-state index in [-0.39, 0.29) is 17.3 Å².